The number of benzene rings is 2. The van der Waals surface area contributed by atoms with Crippen LogP contribution in [0.2, 0.25) is 5.02 Å². The lowest BCUT2D eigenvalue weighted by Crippen LogP contribution is -2.22. The molecule has 0 aliphatic rings. The molecule has 0 radical (unpaired) electrons. The number of halogens is 1. The van der Waals surface area contributed by atoms with Gasteiger partial charge in [-0.15, -0.1) is 11.3 Å². The molecule has 0 aliphatic heterocycles. The first-order valence-corrected chi connectivity index (χ1v) is 9.94. The average Bonchev–Trinajstić information content (AvgIpc) is 3.28. The van der Waals surface area contributed by atoms with Crippen molar-refractivity contribution in [2.24, 2.45) is 7.05 Å². The van der Waals surface area contributed by atoms with Gasteiger partial charge in [-0.05, 0) is 30.3 Å². The number of anilines is 3. The fraction of sp³-hybridized carbons (Fsp3) is 0.150. The number of amides is 1. The third kappa shape index (κ3) is 3.58. The van der Waals surface area contributed by atoms with E-state index in [-0.39, 0.29) is 5.91 Å². The van der Waals surface area contributed by atoms with Crippen molar-refractivity contribution in [3.8, 4) is 0 Å². The molecule has 8 heteroatoms. The number of fused-ring (bicyclic) bond motifs is 1. The van der Waals surface area contributed by atoms with Crippen molar-refractivity contribution in [3.05, 3.63) is 64.8 Å². The summed E-state index contributed by atoms with van der Waals surface area (Å²) in [5, 5.41) is 11.9. The zero-order valence-corrected chi connectivity index (χ0v) is 17.0. The summed E-state index contributed by atoms with van der Waals surface area (Å²) in [7, 11) is 1.92. The van der Waals surface area contributed by atoms with Crippen LogP contribution in [-0.2, 0) is 18.4 Å². The van der Waals surface area contributed by atoms with Gasteiger partial charge in [-0.25, -0.2) is 4.98 Å². The Morgan fingerprint density at radius 3 is 2.89 bits per heavy atom. The number of rotatable bonds is 5. The van der Waals surface area contributed by atoms with Crippen LogP contribution in [0.25, 0.3) is 10.9 Å². The highest BCUT2D eigenvalue weighted by atomic mass is 35.5. The molecule has 4 aromatic rings. The second-order valence-electron chi connectivity index (χ2n) is 6.32. The minimum Gasteiger partial charge on any atom is -0.379 e. The minimum absolute atomic E-state index is 0.115. The van der Waals surface area contributed by atoms with Crippen molar-refractivity contribution in [3.63, 3.8) is 0 Å². The quantitative estimate of drug-likeness (QED) is 0.503. The van der Waals surface area contributed by atoms with E-state index in [9.17, 15) is 4.79 Å². The van der Waals surface area contributed by atoms with Gasteiger partial charge in [0.15, 0.2) is 5.13 Å². The third-order valence-corrected chi connectivity index (χ3v) is 5.47. The minimum atomic E-state index is -0.115. The topological polar surface area (TPSA) is 63.1 Å². The molecule has 0 spiro atoms. The molecule has 0 saturated carbocycles. The molecule has 6 nitrogen and oxygen atoms in total. The summed E-state index contributed by atoms with van der Waals surface area (Å²) in [5.74, 6) is -0.115. The predicted molar refractivity (Wildman–Crippen MR) is 114 cm³/mol. The van der Waals surface area contributed by atoms with Crippen LogP contribution in [0.5, 0.6) is 0 Å². The van der Waals surface area contributed by atoms with Crippen molar-refractivity contribution < 1.29 is 4.79 Å². The summed E-state index contributed by atoms with van der Waals surface area (Å²) >= 11 is 7.51. The number of aromatic nitrogens is 3. The highest BCUT2D eigenvalue weighted by Crippen LogP contribution is 2.31. The van der Waals surface area contributed by atoms with E-state index < -0.39 is 0 Å². The molecule has 0 aliphatic carbocycles. The van der Waals surface area contributed by atoms with Crippen molar-refractivity contribution >= 4 is 56.3 Å². The van der Waals surface area contributed by atoms with Crippen molar-refractivity contribution in [2.75, 3.05) is 10.2 Å². The van der Waals surface area contributed by atoms with Gasteiger partial charge in [-0.1, -0.05) is 23.7 Å². The summed E-state index contributed by atoms with van der Waals surface area (Å²) in [6.07, 6.45) is 1.85. The molecule has 2 aromatic heterocycles. The largest absolute Gasteiger partial charge is 0.379 e. The normalized spacial score (nSPS) is 11.0. The van der Waals surface area contributed by atoms with E-state index in [2.05, 4.69) is 15.4 Å². The van der Waals surface area contributed by atoms with Gasteiger partial charge in [-0.3, -0.25) is 14.4 Å². The second kappa shape index (κ2) is 7.61. The maximum absolute atomic E-state index is 12.2. The first kappa shape index (κ1) is 18.5. The Kier molecular flexibility index (Phi) is 5.02. The Labute approximate surface area is 171 Å². The van der Waals surface area contributed by atoms with Crippen molar-refractivity contribution in [1.82, 2.24) is 14.8 Å². The molecule has 0 fully saturated rings. The smallest absolute Gasteiger partial charge is 0.230 e. The fourth-order valence-electron chi connectivity index (χ4n) is 3.04. The molecule has 1 N–H and O–H groups in total. The number of carbonyl (C=O) groups is 1. The van der Waals surface area contributed by atoms with Crippen LogP contribution in [0, 0.1) is 0 Å². The number of carbonyl (C=O) groups excluding carboxylic acids is 1. The van der Waals surface area contributed by atoms with E-state index in [0.717, 1.165) is 22.3 Å². The van der Waals surface area contributed by atoms with Gasteiger partial charge in [0, 0.05) is 35.4 Å². The molecule has 142 valence electrons. The van der Waals surface area contributed by atoms with E-state index in [1.54, 1.807) is 17.0 Å². The Balaban J connectivity index is 1.55. The van der Waals surface area contributed by atoms with E-state index >= 15 is 0 Å². The van der Waals surface area contributed by atoms with Crippen LogP contribution in [0.1, 0.15) is 12.6 Å². The van der Waals surface area contributed by atoms with Gasteiger partial charge in [0.05, 0.1) is 29.6 Å². The highest BCUT2D eigenvalue weighted by Gasteiger charge is 2.18. The Morgan fingerprint density at radius 1 is 1.29 bits per heavy atom. The molecule has 0 atom stereocenters. The summed E-state index contributed by atoms with van der Waals surface area (Å²) in [6, 6.07) is 13.2. The molecule has 2 heterocycles. The van der Waals surface area contributed by atoms with Gasteiger partial charge in [0.2, 0.25) is 5.91 Å². The lowest BCUT2D eigenvalue weighted by atomic mass is 10.2. The molecule has 0 unspecified atom stereocenters. The molecular weight excluding hydrogens is 394 g/mol. The molecule has 0 saturated heterocycles. The molecule has 28 heavy (non-hydrogen) atoms. The number of hydrogen-bond acceptors (Lipinski definition) is 5. The van der Waals surface area contributed by atoms with Crippen LogP contribution in [-0.4, -0.2) is 20.7 Å². The van der Waals surface area contributed by atoms with Crippen LogP contribution in [0.3, 0.4) is 0 Å². The summed E-state index contributed by atoms with van der Waals surface area (Å²) < 4.78 is 1.84. The van der Waals surface area contributed by atoms with Crippen molar-refractivity contribution in [2.45, 2.75) is 13.5 Å². The van der Waals surface area contributed by atoms with Crippen LogP contribution in [0.4, 0.5) is 16.5 Å². The van der Waals surface area contributed by atoms with Gasteiger partial charge >= 0.3 is 0 Å². The van der Waals surface area contributed by atoms with Gasteiger partial charge in [-0.2, -0.15) is 5.10 Å². The molecular formula is C20H18ClN5OS. The van der Waals surface area contributed by atoms with Crippen LogP contribution >= 0.6 is 22.9 Å². The number of nitrogens with one attached hydrogen (secondary N) is 1. The highest BCUT2D eigenvalue weighted by molar-refractivity contribution is 7.14. The lowest BCUT2D eigenvalue weighted by molar-refractivity contribution is -0.115. The van der Waals surface area contributed by atoms with Crippen LogP contribution in [0.15, 0.2) is 54.0 Å². The number of thiazole rings is 1. The summed E-state index contributed by atoms with van der Waals surface area (Å²) in [4.78, 5) is 18.4. The van der Waals surface area contributed by atoms with E-state index in [1.165, 1.54) is 18.3 Å². The zero-order valence-electron chi connectivity index (χ0n) is 15.4. The lowest BCUT2D eigenvalue weighted by Gasteiger charge is -2.18. The number of aryl methyl sites for hydroxylation is 1. The van der Waals surface area contributed by atoms with Gasteiger partial charge in [0.1, 0.15) is 0 Å². The van der Waals surface area contributed by atoms with E-state index in [1.807, 2.05) is 53.6 Å². The summed E-state index contributed by atoms with van der Waals surface area (Å²) in [6.45, 7) is 2.06. The zero-order chi connectivity index (χ0) is 19.7. The third-order valence-electron chi connectivity index (χ3n) is 4.36. The maximum Gasteiger partial charge on any atom is 0.230 e. The molecule has 1 amide bonds. The molecule has 2 aromatic carbocycles. The SMILES string of the molecule is CC(=O)N(c1cccc(Cl)c1)c1nc(CNc2cccc3c2cnn3C)cs1. The van der Waals surface area contributed by atoms with E-state index in [0.29, 0.717) is 22.4 Å². The van der Waals surface area contributed by atoms with Crippen molar-refractivity contribution in [1.29, 1.82) is 0 Å². The van der Waals surface area contributed by atoms with Gasteiger partial charge in [0.25, 0.3) is 0 Å². The van der Waals surface area contributed by atoms with Gasteiger partial charge < -0.3 is 5.32 Å². The average molecular weight is 412 g/mol. The number of nitrogens with zero attached hydrogens (tertiary/aromatic N) is 4. The second-order valence-corrected chi connectivity index (χ2v) is 7.59. The monoisotopic (exact) mass is 411 g/mol. The standard InChI is InChI=1S/C20H18ClN5OS/c1-13(27)26(16-6-3-5-14(21)9-16)20-24-15(12-28-20)10-22-18-7-4-8-19-17(18)11-23-25(19)2/h3-9,11-12,22H,10H2,1-2H3. The Bertz CT molecular complexity index is 1150. The maximum atomic E-state index is 12.2. The molecule has 4 rings (SSSR count). The van der Waals surface area contributed by atoms with E-state index in [4.69, 9.17) is 11.6 Å². The van der Waals surface area contributed by atoms with Crippen LogP contribution < -0.4 is 10.2 Å². The summed E-state index contributed by atoms with van der Waals surface area (Å²) in [5.41, 5.74) is 3.62. The first-order valence-electron chi connectivity index (χ1n) is 8.68. The Morgan fingerprint density at radius 2 is 2.11 bits per heavy atom. The predicted octanol–water partition coefficient (Wildman–Crippen LogP) is 4.98. The first-order chi connectivity index (χ1) is 13.5. The molecule has 0 bridgehead atoms. The fourth-order valence-corrected chi connectivity index (χ4v) is 4.11. The Hall–Kier alpha value is -2.90. The number of hydrogen-bond donors (Lipinski definition) is 1.